The zero-order valence-corrected chi connectivity index (χ0v) is 14.9. The second-order valence-electron chi connectivity index (χ2n) is 5.09. The fraction of sp³-hybridized carbons (Fsp3) is 0.429. The first-order valence-corrected chi connectivity index (χ1v) is 7.25. The first kappa shape index (κ1) is 28.1. The van der Waals surface area contributed by atoms with Crippen molar-refractivity contribution in [3.63, 3.8) is 0 Å². The molecule has 166 valence electrons. The smallest absolute Gasteiger partial charge is 0.475 e. The molecule has 1 heterocycles. The van der Waals surface area contributed by atoms with Crippen LogP contribution in [0.25, 0.3) is 0 Å². The fourth-order valence-electron chi connectivity index (χ4n) is 1.14. The number of nitrogens with two attached hydrogens (primary N) is 2. The molecule has 1 aromatic rings. The van der Waals surface area contributed by atoms with Crippen molar-refractivity contribution in [1.82, 2.24) is 10.3 Å². The van der Waals surface area contributed by atoms with Gasteiger partial charge in [-0.3, -0.25) is 4.79 Å². The van der Waals surface area contributed by atoms with E-state index in [1.807, 2.05) is 13.0 Å². The summed E-state index contributed by atoms with van der Waals surface area (Å²) in [5.41, 5.74) is 12.7. The third-order valence-corrected chi connectivity index (χ3v) is 2.57. The number of anilines is 1. The molecule has 1 amide bonds. The molecule has 0 aromatic carbocycles. The molecule has 1 atom stereocenters. The summed E-state index contributed by atoms with van der Waals surface area (Å²) < 4.78 is 63.5. The van der Waals surface area contributed by atoms with Crippen molar-refractivity contribution >= 4 is 23.7 Å². The lowest BCUT2D eigenvalue weighted by atomic mass is 10.2. The summed E-state index contributed by atoms with van der Waals surface area (Å²) in [5, 5.41) is 17.0. The molecular formula is C14H18F6N4O5. The van der Waals surface area contributed by atoms with Crippen molar-refractivity contribution in [2.75, 3.05) is 5.73 Å². The lowest BCUT2D eigenvalue weighted by molar-refractivity contribution is -0.193. The summed E-state index contributed by atoms with van der Waals surface area (Å²) in [6.07, 6.45) is -10.2. The number of alkyl halides is 6. The van der Waals surface area contributed by atoms with Crippen LogP contribution in [0.4, 0.5) is 32.2 Å². The van der Waals surface area contributed by atoms with Crippen molar-refractivity contribution in [2.24, 2.45) is 5.73 Å². The van der Waals surface area contributed by atoms with Crippen LogP contribution in [0, 0.1) is 6.92 Å². The summed E-state index contributed by atoms with van der Waals surface area (Å²) in [5.74, 6) is -5.21. The molecule has 0 fully saturated rings. The van der Waals surface area contributed by atoms with Gasteiger partial charge in [0.25, 0.3) is 0 Å². The van der Waals surface area contributed by atoms with E-state index < -0.39 is 30.3 Å². The lowest BCUT2D eigenvalue weighted by Crippen LogP contribution is -2.37. The van der Waals surface area contributed by atoms with Crippen molar-refractivity contribution in [1.29, 1.82) is 0 Å². The quantitative estimate of drug-likeness (QED) is 0.440. The molecule has 0 saturated carbocycles. The number of carboxylic acids is 2. The molecule has 0 aliphatic heterocycles. The molecule has 0 bridgehead atoms. The van der Waals surface area contributed by atoms with Gasteiger partial charge in [0.05, 0.1) is 6.04 Å². The second-order valence-corrected chi connectivity index (χ2v) is 5.09. The highest BCUT2D eigenvalue weighted by Gasteiger charge is 2.38. The van der Waals surface area contributed by atoms with Crippen LogP contribution in [0.5, 0.6) is 0 Å². The SMILES string of the molecule is Cc1nc(N)ccc1CNC(=O)[C@H](C)N.O=C(O)C(F)(F)F.O=C(O)C(F)(F)F. The van der Waals surface area contributed by atoms with E-state index in [0.29, 0.717) is 12.4 Å². The normalized spacial score (nSPS) is 11.8. The Hall–Kier alpha value is -3.10. The highest BCUT2D eigenvalue weighted by molar-refractivity contribution is 5.80. The average molecular weight is 436 g/mol. The third-order valence-electron chi connectivity index (χ3n) is 2.57. The van der Waals surface area contributed by atoms with Gasteiger partial charge >= 0.3 is 24.3 Å². The molecule has 0 radical (unpaired) electrons. The predicted molar refractivity (Wildman–Crippen MR) is 86.3 cm³/mol. The minimum atomic E-state index is -5.08. The van der Waals surface area contributed by atoms with Crippen LogP contribution >= 0.6 is 0 Å². The van der Waals surface area contributed by atoms with E-state index in [-0.39, 0.29) is 5.91 Å². The first-order chi connectivity index (χ1) is 12.9. The molecule has 0 aliphatic carbocycles. The van der Waals surface area contributed by atoms with E-state index in [0.717, 1.165) is 11.3 Å². The molecule has 15 heteroatoms. The van der Waals surface area contributed by atoms with Gasteiger partial charge < -0.3 is 27.0 Å². The summed E-state index contributed by atoms with van der Waals surface area (Å²) in [4.78, 5) is 33.1. The fourth-order valence-corrected chi connectivity index (χ4v) is 1.14. The number of aliphatic carboxylic acids is 2. The van der Waals surface area contributed by atoms with Crippen LogP contribution in [0.1, 0.15) is 18.2 Å². The Morgan fingerprint density at radius 3 is 1.72 bits per heavy atom. The number of rotatable bonds is 3. The number of carboxylic acid groups (broad SMARTS) is 2. The zero-order chi connectivity index (χ0) is 23.6. The van der Waals surface area contributed by atoms with E-state index in [2.05, 4.69) is 10.3 Å². The predicted octanol–water partition coefficient (Wildman–Crippen LogP) is 1.20. The van der Waals surface area contributed by atoms with Crippen LogP contribution in [0.2, 0.25) is 0 Å². The van der Waals surface area contributed by atoms with Crippen LogP contribution in [0.15, 0.2) is 12.1 Å². The molecule has 9 nitrogen and oxygen atoms in total. The number of nitrogens with one attached hydrogen (secondary N) is 1. The van der Waals surface area contributed by atoms with Gasteiger partial charge in [0.2, 0.25) is 5.91 Å². The summed E-state index contributed by atoms with van der Waals surface area (Å²) >= 11 is 0. The Bertz CT molecular complexity index is 683. The molecule has 0 aliphatic rings. The number of carbonyl (C=O) groups excluding carboxylic acids is 1. The van der Waals surface area contributed by atoms with E-state index in [1.54, 1.807) is 13.0 Å². The number of nitrogen functional groups attached to an aromatic ring is 1. The Labute approximate surface area is 159 Å². The number of nitrogens with zero attached hydrogens (tertiary/aromatic N) is 1. The summed E-state index contributed by atoms with van der Waals surface area (Å²) in [6, 6.07) is 3.06. The van der Waals surface area contributed by atoms with Gasteiger partial charge in [0, 0.05) is 12.2 Å². The maximum atomic E-state index is 11.2. The van der Waals surface area contributed by atoms with Gasteiger partial charge in [-0.2, -0.15) is 26.3 Å². The summed E-state index contributed by atoms with van der Waals surface area (Å²) in [6.45, 7) is 3.92. The molecule has 1 aromatic heterocycles. The van der Waals surface area contributed by atoms with Gasteiger partial charge in [-0.15, -0.1) is 0 Å². The highest BCUT2D eigenvalue weighted by atomic mass is 19.4. The minimum absolute atomic E-state index is 0.175. The van der Waals surface area contributed by atoms with Crippen LogP contribution in [-0.2, 0) is 20.9 Å². The number of hydrogen-bond acceptors (Lipinski definition) is 6. The van der Waals surface area contributed by atoms with Gasteiger partial charge in [0.15, 0.2) is 0 Å². The maximum absolute atomic E-state index is 11.2. The van der Waals surface area contributed by atoms with Crippen LogP contribution in [-0.4, -0.2) is 51.4 Å². The number of carbonyl (C=O) groups is 3. The first-order valence-electron chi connectivity index (χ1n) is 7.25. The Kier molecular flexibility index (Phi) is 11.3. The average Bonchev–Trinajstić information content (AvgIpc) is 2.53. The number of hydrogen-bond donors (Lipinski definition) is 5. The topological polar surface area (TPSA) is 169 Å². The molecule has 0 saturated heterocycles. The van der Waals surface area contributed by atoms with Crippen molar-refractivity contribution < 1.29 is 50.9 Å². The number of pyridine rings is 1. The van der Waals surface area contributed by atoms with Gasteiger partial charge in [0.1, 0.15) is 5.82 Å². The Morgan fingerprint density at radius 2 is 1.45 bits per heavy atom. The maximum Gasteiger partial charge on any atom is 0.490 e. The Balaban J connectivity index is 0. The monoisotopic (exact) mass is 436 g/mol. The van der Waals surface area contributed by atoms with Gasteiger partial charge in [-0.1, -0.05) is 6.07 Å². The largest absolute Gasteiger partial charge is 0.490 e. The third kappa shape index (κ3) is 13.7. The van der Waals surface area contributed by atoms with E-state index in [1.165, 1.54) is 0 Å². The van der Waals surface area contributed by atoms with E-state index in [9.17, 15) is 31.1 Å². The Morgan fingerprint density at radius 1 is 1.07 bits per heavy atom. The molecule has 29 heavy (non-hydrogen) atoms. The van der Waals surface area contributed by atoms with Crippen LogP contribution < -0.4 is 16.8 Å². The van der Waals surface area contributed by atoms with E-state index in [4.69, 9.17) is 31.3 Å². The van der Waals surface area contributed by atoms with Crippen molar-refractivity contribution in [2.45, 2.75) is 38.8 Å². The molecule has 7 N–H and O–H groups in total. The van der Waals surface area contributed by atoms with Gasteiger partial charge in [-0.25, -0.2) is 14.6 Å². The number of aryl methyl sites for hydroxylation is 1. The van der Waals surface area contributed by atoms with Crippen molar-refractivity contribution in [3.05, 3.63) is 23.4 Å². The molecular weight excluding hydrogens is 418 g/mol. The molecule has 1 rings (SSSR count). The summed E-state index contributed by atoms with van der Waals surface area (Å²) in [7, 11) is 0. The van der Waals surface area contributed by atoms with E-state index >= 15 is 0 Å². The standard InChI is InChI=1S/C10H16N4O.2C2HF3O2/c1-6(11)10(15)13-5-8-3-4-9(12)14-7(8)2;2*3-2(4,5)1(6)7/h3-4,6H,5,11H2,1-2H3,(H2,12,14)(H,13,15);2*(H,6,7)/t6-;;/m0../s1. The van der Waals surface area contributed by atoms with Crippen molar-refractivity contribution in [3.8, 4) is 0 Å². The zero-order valence-electron chi connectivity index (χ0n) is 14.9. The minimum Gasteiger partial charge on any atom is -0.475 e. The van der Waals surface area contributed by atoms with Crippen LogP contribution in [0.3, 0.4) is 0 Å². The van der Waals surface area contributed by atoms with Gasteiger partial charge in [-0.05, 0) is 25.5 Å². The number of aromatic nitrogens is 1. The lowest BCUT2D eigenvalue weighted by Gasteiger charge is -2.09. The number of halogens is 6. The number of amides is 1. The molecule has 0 spiro atoms. The molecule has 0 unspecified atom stereocenters. The highest BCUT2D eigenvalue weighted by Crippen LogP contribution is 2.13. The second kappa shape index (κ2) is 11.7.